The van der Waals surface area contributed by atoms with Crippen LogP contribution in [0, 0.1) is 5.82 Å². The Morgan fingerprint density at radius 1 is 0.957 bits per heavy atom. The van der Waals surface area contributed by atoms with E-state index in [0.717, 1.165) is 43.9 Å². The lowest BCUT2D eigenvalue weighted by atomic mass is 10.1. The number of alkyl halides is 3. The second-order valence-electron chi connectivity index (χ2n) is 5.50. The molecule has 0 spiro atoms. The molecule has 0 amide bonds. The Morgan fingerprint density at radius 3 is 2.35 bits per heavy atom. The van der Waals surface area contributed by atoms with E-state index in [1.165, 1.54) is 18.8 Å². The molecule has 1 saturated heterocycles. The summed E-state index contributed by atoms with van der Waals surface area (Å²) in [7, 11) is 0. The standard InChI is InChI=1S/C16H15F4N3/c17-13-8-11(4-5-12(13)16(18,19)20)14-9-15(22-10-21-14)23-6-2-1-3-7-23/h4-5,8-10H,1-3,6-7H2. The van der Waals surface area contributed by atoms with Crippen LogP contribution in [-0.2, 0) is 6.18 Å². The quantitative estimate of drug-likeness (QED) is 0.771. The van der Waals surface area contributed by atoms with Crippen LogP contribution in [-0.4, -0.2) is 23.1 Å². The number of benzene rings is 1. The number of halogens is 4. The first-order valence-corrected chi connectivity index (χ1v) is 7.39. The molecule has 0 radical (unpaired) electrons. The van der Waals surface area contributed by atoms with Crippen LogP contribution in [0.25, 0.3) is 11.3 Å². The van der Waals surface area contributed by atoms with Crippen LogP contribution >= 0.6 is 0 Å². The molecule has 0 unspecified atom stereocenters. The summed E-state index contributed by atoms with van der Waals surface area (Å²) in [5, 5.41) is 0. The molecule has 23 heavy (non-hydrogen) atoms. The van der Waals surface area contributed by atoms with E-state index < -0.39 is 17.6 Å². The number of nitrogens with zero attached hydrogens (tertiary/aromatic N) is 3. The van der Waals surface area contributed by atoms with Crippen molar-refractivity contribution in [2.24, 2.45) is 0 Å². The van der Waals surface area contributed by atoms with Gasteiger partial charge >= 0.3 is 6.18 Å². The molecule has 2 aromatic rings. The summed E-state index contributed by atoms with van der Waals surface area (Å²) >= 11 is 0. The van der Waals surface area contributed by atoms with E-state index in [2.05, 4.69) is 14.9 Å². The van der Waals surface area contributed by atoms with Crippen molar-refractivity contribution < 1.29 is 17.6 Å². The van der Waals surface area contributed by atoms with Gasteiger partial charge < -0.3 is 4.90 Å². The largest absolute Gasteiger partial charge is 0.419 e. The van der Waals surface area contributed by atoms with Crippen LogP contribution in [0.15, 0.2) is 30.6 Å². The third-order valence-corrected chi connectivity index (χ3v) is 3.90. The van der Waals surface area contributed by atoms with Crippen LogP contribution in [0.1, 0.15) is 24.8 Å². The average molecular weight is 325 g/mol. The lowest BCUT2D eigenvalue weighted by Gasteiger charge is -2.27. The molecule has 1 aromatic carbocycles. The summed E-state index contributed by atoms with van der Waals surface area (Å²) < 4.78 is 51.6. The van der Waals surface area contributed by atoms with Crippen molar-refractivity contribution in [2.75, 3.05) is 18.0 Å². The first kappa shape index (κ1) is 15.7. The maximum Gasteiger partial charge on any atom is 0.419 e. The van der Waals surface area contributed by atoms with E-state index in [0.29, 0.717) is 11.3 Å². The molecule has 7 heteroatoms. The third-order valence-electron chi connectivity index (χ3n) is 3.90. The van der Waals surface area contributed by atoms with Crippen LogP contribution in [0.5, 0.6) is 0 Å². The summed E-state index contributed by atoms with van der Waals surface area (Å²) in [5.41, 5.74) is -0.559. The number of aromatic nitrogens is 2. The lowest BCUT2D eigenvalue weighted by Crippen LogP contribution is -2.30. The molecule has 1 fully saturated rings. The summed E-state index contributed by atoms with van der Waals surface area (Å²) in [5.74, 6) is -0.580. The molecule has 1 aliphatic rings. The Hall–Kier alpha value is -2.18. The Morgan fingerprint density at radius 2 is 1.70 bits per heavy atom. The lowest BCUT2D eigenvalue weighted by molar-refractivity contribution is -0.139. The van der Waals surface area contributed by atoms with Gasteiger partial charge in [0.05, 0.1) is 11.3 Å². The van der Waals surface area contributed by atoms with Gasteiger partial charge in [0.1, 0.15) is 18.0 Å². The van der Waals surface area contributed by atoms with Gasteiger partial charge in [0.15, 0.2) is 0 Å². The first-order valence-electron chi connectivity index (χ1n) is 7.39. The van der Waals surface area contributed by atoms with E-state index in [-0.39, 0.29) is 0 Å². The van der Waals surface area contributed by atoms with Crippen LogP contribution < -0.4 is 4.90 Å². The van der Waals surface area contributed by atoms with Gasteiger partial charge in [-0.25, -0.2) is 14.4 Å². The van der Waals surface area contributed by atoms with Crippen molar-refractivity contribution in [2.45, 2.75) is 25.4 Å². The Bertz CT molecular complexity index is 694. The normalized spacial score (nSPS) is 15.7. The third kappa shape index (κ3) is 3.43. The fourth-order valence-electron chi connectivity index (χ4n) is 2.71. The molecule has 0 bridgehead atoms. The zero-order valence-corrected chi connectivity index (χ0v) is 12.3. The highest BCUT2D eigenvalue weighted by Crippen LogP contribution is 2.33. The molecule has 1 aromatic heterocycles. The predicted molar refractivity (Wildman–Crippen MR) is 78.5 cm³/mol. The van der Waals surface area contributed by atoms with E-state index in [4.69, 9.17) is 0 Å². The van der Waals surface area contributed by atoms with Crippen LogP contribution in [0.2, 0.25) is 0 Å². The van der Waals surface area contributed by atoms with Gasteiger partial charge in [0.25, 0.3) is 0 Å². The zero-order chi connectivity index (χ0) is 16.4. The van der Waals surface area contributed by atoms with Crippen molar-refractivity contribution in [3.63, 3.8) is 0 Å². The fraction of sp³-hybridized carbons (Fsp3) is 0.375. The fourth-order valence-corrected chi connectivity index (χ4v) is 2.71. The van der Waals surface area contributed by atoms with E-state index in [1.807, 2.05) is 0 Å². The number of hydrogen-bond acceptors (Lipinski definition) is 3. The Labute approximate surface area is 131 Å². The van der Waals surface area contributed by atoms with Crippen molar-refractivity contribution >= 4 is 5.82 Å². The molecule has 3 nitrogen and oxygen atoms in total. The van der Waals surface area contributed by atoms with Crippen molar-refractivity contribution in [3.05, 3.63) is 42.0 Å². The molecule has 0 saturated carbocycles. The molecule has 1 aliphatic heterocycles. The van der Waals surface area contributed by atoms with Crippen LogP contribution in [0.3, 0.4) is 0 Å². The van der Waals surface area contributed by atoms with Crippen molar-refractivity contribution in [1.82, 2.24) is 9.97 Å². The maximum absolute atomic E-state index is 13.7. The van der Waals surface area contributed by atoms with Gasteiger partial charge in [0, 0.05) is 24.7 Å². The summed E-state index contributed by atoms with van der Waals surface area (Å²) in [6.45, 7) is 1.77. The van der Waals surface area contributed by atoms with Gasteiger partial charge in [-0.05, 0) is 31.4 Å². The van der Waals surface area contributed by atoms with Gasteiger partial charge in [-0.15, -0.1) is 0 Å². The molecule has 122 valence electrons. The topological polar surface area (TPSA) is 29.0 Å². The SMILES string of the molecule is Fc1cc(-c2cc(N3CCCCC3)ncn2)ccc1C(F)(F)F. The second kappa shape index (κ2) is 6.14. The second-order valence-corrected chi connectivity index (χ2v) is 5.50. The predicted octanol–water partition coefficient (Wildman–Crippen LogP) is 4.29. The monoisotopic (exact) mass is 325 g/mol. The van der Waals surface area contributed by atoms with Crippen molar-refractivity contribution in [1.29, 1.82) is 0 Å². The van der Waals surface area contributed by atoms with E-state index in [9.17, 15) is 17.6 Å². The van der Waals surface area contributed by atoms with Gasteiger partial charge in [0.2, 0.25) is 0 Å². The number of piperidine rings is 1. The minimum atomic E-state index is -4.70. The molecule has 3 rings (SSSR count). The maximum atomic E-state index is 13.7. The van der Waals surface area contributed by atoms with Gasteiger partial charge in [-0.1, -0.05) is 6.07 Å². The summed E-state index contributed by atoms with van der Waals surface area (Å²) in [6.07, 6.45) is -0.0108. The molecule has 2 heterocycles. The Kier molecular flexibility index (Phi) is 4.19. The molecule has 0 aliphatic carbocycles. The van der Waals surface area contributed by atoms with E-state index in [1.54, 1.807) is 6.07 Å². The smallest absolute Gasteiger partial charge is 0.357 e. The average Bonchev–Trinajstić information content (AvgIpc) is 2.54. The van der Waals surface area contributed by atoms with Crippen molar-refractivity contribution in [3.8, 4) is 11.3 Å². The minimum Gasteiger partial charge on any atom is -0.357 e. The van der Waals surface area contributed by atoms with E-state index >= 15 is 0 Å². The van der Waals surface area contributed by atoms with Gasteiger partial charge in [-0.3, -0.25) is 0 Å². The molecular weight excluding hydrogens is 310 g/mol. The summed E-state index contributed by atoms with van der Waals surface area (Å²) in [4.78, 5) is 10.4. The molecule has 0 N–H and O–H groups in total. The Balaban J connectivity index is 1.91. The highest BCUT2D eigenvalue weighted by molar-refractivity contribution is 5.63. The zero-order valence-electron chi connectivity index (χ0n) is 12.3. The number of hydrogen-bond donors (Lipinski definition) is 0. The molecule has 0 atom stereocenters. The highest BCUT2D eigenvalue weighted by Gasteiger charge is 2.34. The number of anilines is 1. The first-order chi connectivity index (χ1) is 10.9. The highest BCUT2D eigenvalue weighted by atomic mass is 19.4. The van der Waals surface area contributed by atoms with Gasteiger partial charge in [-0.2, -0.15) is 13.2 Å². The summed E-state index contributed by atoms with van der Waals surface area (Å²) in [6, 6.07) is 4.53. The van der Waals surface area contributed by atoms with Crippen LogP contribution in [0.4, 0.5) is 23.4 Å². The number of rotatable bonds is 2. The molecular formula is C16H15F4N3. The minimum absolute atomic E-state index is 0.302.